The largest absolute Gasteiger partial charge is 0.497 e. The highest BCUT2D eigenvalue weighted by molar-refractivity contribution is 8.00. The van der Waals surface area contributed by atoms with Gasteiger partial charge in [0, 0.05) is 22.6 Å². The van der Waals surface area contributed by atoms with Crippen molar-refractivity contribution in [2.24, 2.45) is 0 Å². The van der Waals surface area contributed by atoms with Crippen molar-refractivity contribution in [2.45, 2.75) is 4.90 Å². The predicted molar refractivity (Wildman–Crippen MR) is 81.1 cm³/mol. The summed E-state index contributed by atoms with van der Waals surface area (Å²) >= 11 is 1.37. The van der Waals surface area contributed by atoms with Crippen LogP contribution in [0.25, 0.3) is 0 Å². The second kappa shape index (κ2) is 6.90. The molecule has 0 unspecified atom stereocenters. The topological polar surface area (TPSA) is 69.4 Å². The Hall–Kier alpha value is -2.34. The van der Waals surface area contributed by atoms with Crippen molar-refractivity contribution in [1.82, 2.24) is 0 Å². The van der Waals surface area contributed by atoms with Gasteiger partial charge in [0.1, 0.15) is 5.75 Å². The van der Waals surface area contributed by atoms with Crippen LogP contribution in [0.2, 0.25) is 0 Å². The molecule has 0 spiro atoms. The minimum atomic E-state index is -0.508. The van der Waals surface area contributed by atoms with E-state index in [0.29, 0.717) is 5.56 Å². The number of Topliss-reactive ketones (excluding diaryl/α,β-unsaturated/α-hetero) is 1. The Bertz CT molecular complexity index is 672. The van der Waals surface area contributed by atoms with Gasteiger partial charge < -0.3 is 4.74 Å². The number of ether oxygens (including phenoxy) is 1. The Morgan fingerprint density at radius 1 is 1.24 bits per heavy atom. The molecular weight excluding hydrogens is 290 g/mol. The van der Waals surface area contributed by atoms with Gasteiger partial charge in [0.15, 0.2) is 5.78 Å². The van der Waals surface area contributed by atoms with E-state index < -0.39 is 4.92 Å². The number of nitro benzene ring substituents is 1. The highest BCUT2D eigenvalue weighted by Crippen LogP contribution is 2.24. The number of hydrogen-bond acceptors (Lipinski definition) is 5. The molecule has 0 saturated heterocycles. The number of hydrogen-bond donors (Lipinski definition) is 0. The van der Waals surface area contributed by atoms with Crippen LogP contribution in [0, 0.1) is 10.1 Å². The van der Waals surface area contributed by atoms with E-state index in [2.05, 4.69) is 0 Å². The Kier molecular flexibility index (Phi) is 4.94. The van der Waals surface area contributed by atoms with E-state index in [1.54, 1.807) is 13.2 Å². The van der Waals surface area contributed by atoms with Gasteiger partial charge in [-0.1, -0.05) is 18.2 Å². The summed E-state index contributed by atoms with van der Waals surface area (Å²) in [6.45, 7) is 0. The SMILES string of the molecule is COc1cccc(SCC(=O)c2cccc([N+](=O)[O-])c2)c1. The van der Waals surface area contributed by atoms with Crippen molar-refractivity contribution in [3.05, 3.63) is 64.2 Å². The molecule has 0 bridgehead atoms. The fourth-order valence-electron chi connectivity index (χ4n) is 1.72. The van der Waals surface area contributed by atoms with E-state index in [0.717, 1.165) is 10.6 Å². The van der Waals surface area contributed by atoms with Gasteiger partial charge in [-0.05, 0) is 18.2 Å². The number of thioether (sulfide) groups is 1. The number of methoxy groups -OCH3 is 1. The van der Waals surface area contributed by atoms with Crippen LogP contribution in [0.5, 0.6) is 5.75 Å². The Morgan fingerprint density at radius 3 is 2.71 bits per heavy atom. The van der Waals surface area contributed by atoms with E-state index >= 15 is 0 Å². The van der Waals surface area contributed by atoms with Crippen LogP contribution in [0.4, 0.5) is 5.69 Å². The second-order valence-electron chi connectivity index (χ2n) is 4.20. The third-order valence-electron chi connectivity index (χ3n) is 2.79. The smallest absolute Gasteiger partial charge is 0.270 e. The Morgan fingerprint density at radius 2 is 2.00 bits per heavy atom. The first kappa shape index (κ1) is 15.1. The molecular formula is C15H13NO4S. The average molecular weight is 303 g/mol. The lowest BCUT2D eigenvalue weighted by Gasteiger charge is -2.04. The number of nitrogens with zero attached hydrogens (tertiary/aromatic N) is 1. The third-order valence-corrected chi connectivity index (χ3v) is 3.78. The van der Waals surface area contributed by atoms with Crippen molar-refractivity contribution in [1.29, 1.82) is 0 Å². The lowest BCUT2D eigenvalue weighted by atomic mass is 10.1. The molecule has 0 amide bonds. The molecule has 21 heavy (non-hydrogen) atoms. The molecule has 5 nitrogen and oxygen atoms in total. The molecule has 0 aliphatic heterocycles. The van der Waals surface area contributed by atoms with Gasteiger partial charge in [-0.3, -0.25) is 14.9 Å². The number of non-ortho nitro benzene ring substituents is 1. The second-order valence-corrected chi connectivity index (χ2v) is 5.25. The molecule has 2 aromatic carbocycles. The summed E-state index contributed by atoms with van der Waals surface area (Å²) in [5.74, 6) is 0.795. The predicted octanol–water partition coefficient (Wildman–Crippen LogP) is 3.58. The summed E-state index contributed by atoms with van der Waals surface area (Å²) in [7, 11) is 1.58. The maximum atomic E-state index is 12.1. The number of ketones is 1. The van der Waals surface area contributed by atoms with E-state index in [4.69, 9.17) is 4.74 Å². The number of benzene rings is 2. The van der Waals surface area contributed by atoms with E-state index in [1.165, 1.54) is 30.0 Å². The van der Waals surface area contributed by atoms with E-state index in [9.17, 15) is 14.9 Å². The van der Waals surface area contributed by atoms with Gasteiger partial charge in [0.05, 0.1) is 17.8 Å². The van der Waals surface area contributed by atoms with Gasteiger partial charge in [0.25, 0.3) is 5.69 Å². The molecule has 0 fully saturated rings. The van der Waals surface area contributed by atoms with E-state index in [-0.39, 0.29) is 17.2 Å². The minimum Gasteiger partial charge on any atom is -0.497 e. The standard InChI is InChI=1S/C15H13NO4S/c1-20-13-6-3-7-14(9-13)21-10-15(17)11-4-2-5-12(8-11)16(18)19/h2-9H,10H2,1H3. The van der Waals surface area contributed by atoms with Crippen LogP contribution >= 0.6 is 11.8 Å². The van der Waals surface area contributed by atoms with Gasteiger partial charge in [-0.15, -0.1) is 11.8 Å². The fraction of sp³-hybridized carbons (Fsp3) is 0.133. The highest BCUT2D eigenvalue weighted by Gasteiger charge is 2.12. The molecule has 6 heteroatoms. The fourth-order valence-corrected chi connectivity index (χ4v) is 2.55. The van der Waals surface area contributed by atoms with Gasteiger partial charge >= 0.3 is 0 Å². The van der Waals surface area contributed by atoms with Gasteiger partial charge in [-0.25, -0.2) is 0 Å². The number of carbonyl (C=O) groups excluding carboxylic acids is 1. The quantitative estimate of drug-likeness (QED) is 0.353. The van der Waals surface area contributed by atoms with Crippen LogP contribution in [0.3, 0.4) is 0 Å². The van der Waals surface area contributed by atoms with Crippen molar-refractivity contribution in [3.63, 3.8) is 0 Å². The molecule has 2 aromatic rings. The summed E-state index contributed by atoms with van der Waals surface area (Å²) < 4.78 is 5.12. The van der Waals surface area contributed by atoms with Crippen LogP contribution in [-0.4, -0.2) is 23.6 Å². The van der Waals surface area contributed by atoms with Crippen LogP contribution in [0.15, 0.2) is 53.4 Å². The van der Waals surface area contributed by atoms with Crippen molar-refractivity contribution < 1.29 is 14.5 Å². The summed E-state index contributed by atoms with van der Waals surface area (Å²) in [5, 5.41) is 10.7. The molecule has 0 aliphatic carbocycles. The monoisotopic (exact) mass is 303 g/mol. The first-order chi connectivity index (χ1) is 10.1. The Balaban J connectivity index is 2.04. The summed E-state index contributed by atoms with van der Waals surface area (Å²) in [6, 6.07) is 13.2. The molecule has 108 valence electrons. The lowest BCUT2D eigenvalue weighted by Crippen LogP contribution is -2.03. The third kappa shape index (κ3) is 4.06. The normalized spacial score (nSPS) is 10.1. The van der Waals surface area contributed by atoms with Crippen molar-refractivity contribution in [3.8, 4) is 5.75 Å². The maximum Gasteiger partial charge on any atom is 0.270 e. The van der Waals surface area contributed by atoms with Gasteiger partial charge in [0.2, 0.25) is 0 Å². The number of carbonyl (C=O) groups is 1. The molecule has 0 radical (unpaired) electrons. The highest BCUT2D eigenvalue weighted by atomic mass is 32.2. The lowest BCUT2D eigenvalue weighted by molar-refractivity contribution is -0.384. The van der Waals surface area contributed by atoms with Gasteiger partial charge in [-0.2, -0.15) is 0 Å². The molecule has 0 heterocycles. The molecule has 2 rings (SSSR count). The van der Waals surface area contributed by atoms with E-state index in [1.807, 2.05) is 24.3 Å². The zero-order valence-electron chi connectivity index (χ0n) is 11.3. The molecule has 0 atom stereocenters. The van der Waals surface area contributed by atoms with Crippen LogP contribution in [0.1, 0.15) is 10.4 Å². The summed E-state index contributed by atoms with van der Waals surface area (Å²) in [5.41, 5.74) is 0.270. The Labute approximate surface area is 126 Å². The number of rotatable bonds is 6. The zero-order valence-corrected chi connectivity index (χ0v) is 12.1. The van der Waals surface area contributed by atoms with Crippen LogP contribution in [-0.2, 0) is 0 Å². The maximum absolute atomic E-state index is 12.1. The zero-order chi connectivity index (χ0) is 15.2. The number of nitro groups is 1. The summed E-state index contributed by atoms with van der Waals surface area (Å²) in [6.07, 6.45) is 0. The average Bonchev–Trinajstić information content (AvgIpc) is 2.53. The minimum absolute atomic E-state index is 0.0766. The van der Waals surface area contributed by atoms with Crippen LogP contribution < -0.4 is 4.74 Å². The molecule has 0 N–H and O–H groups in total. The first-order valence-corrected chi connectivity index (χ1v) is 7.13. The molecule has 0 aliphatic rings. The summed E-state index contributed by atoms with van der Waals surface area (Å²) in [4.78, 5) is 23.2. The van der Waals surface area contributed by atoms with Crippen molar-refractivity contribution >= 4 is 23.2 Å². The first-order valence-electron chi connectivity index (χ1n) is 6.14. The van der Waals surface area contributed by atoms with Crippen molar-refractivity contribution in [2.75, 3.05) is 12.9 Å². The molecule has 0 saturated carbocycles. The molecule has 0 aromatic heterocycles.